The van der Waals surface area contributed by atoms with Crippen LogP contribution in [0.4, 0.5) is 0 Å². The maximum absolute atomic E-state index is 12.0. The third kappa shape index (κ3) is 6.28. The molecule has 1 amide bonds. The highest BCUT2D eigenvalue weighted by molar-refractivity contribution is 7.89. The lowest BCUT2D eigenvalue weighted by molar-refractivity contribution is -0.121. The number of amides is 1. The van der Waals surface area contributed by atoms with Gasteiger partial charge >= 0.3 is 0 Å². The van der Waals surface area contributed by atoms with Crippen molar-refractivity contribution < 1.29 is 13.2 Å². The number of carbonyl (C=O) groups is 1. The van der Waals surface area contributed by atoms with Gasteiger partial charge in [-0.25, -0.2) is 13.1 Å². The number of sulfonamides is 1. The summed E-state index contributed by atoms with van der Waals surface area (Å²) >= 11 is 0. The predicted octanol–water partition coefficient (Wildman–Crippen LogP) is 2.93. The van der Waals surface area contributed by atoms with Crippen LogP contribution in [0.15, 0.2) is 53.4 Å². The highest BCUT2D eigenvalue weighted by Crippen LogP contribution is 2.12. The van der Waals surface area contributed by atoms with Crippen LogP contribution < -0.4 is 10.0 Å². The van der Waals surface area contributed by atoms with Gasteiger partial charge in [-0.05, 0) is 43.0 Å². The summed E-state index contributed by atoms with van der Waals surface area (Å²) in [5.74, 6) is -0.0205. The fraction of sp³-hybridized carbons (Fsp3) is 0.350. The van der Waals surface area contributed by atoms with E-state index in [4.69, 9.17) is 0 Å². The number of carbonyl (C=O) groups excluding carboxylic acids is 1. The van der Waals surface area contributed by atoms with Crippen molar-refractivity contribution in [3.63, 3.8) is 0 Å². The monoisotopic (exact) mass is 374 g/mol. The van der Waals surface area contributed by atoms with Crippen LogP contribution in [-0.4, -0.2) is 20.9 Å². The fourth-order valence-electron chi connectivity index (χ4n) is 2.52. The molecule has 0 unspecified atom stereocenters. The largest absolute Gasteiger partial charge is 0.352 e. The van der Waals surface area contributed by atoms with Crippen LogP contribution >= 0.6 is 0 Å². The zero-order chi connectivity index (χ0) is 19.0. The molecule has 0 aliphatic rings. The van der Waals surface area contributed by atoms with Gasteiger partial charge in [-0.1, -0.05) is 48.9 Å². The van der Waals surface area contributed by atoms with Gasteiger partial charge in [-0.15, -0.1) is 0 Å². The van der Waals surface area contributed by atoms with Crippen molar-refractivity contribution in [3.8, 4) is 0 Å². The van der Waals surface area contributed by atoms with Gasteiger partial charge in [0.2, 0.25) is 15.9 Å². The molecule has 140 valence electrons. The standard InChI is InChI=1S/C20H26N2O3S/c1-3-13-22-26(24,25)19-10-7-17(8-11-19)9-12-20(23)21-15-18-6-4-5-16(2)14-18/h4-8,10-11,14,22H,3,9,12-13,15H2,1-2H3,(H,21,23). The van der Waals surface area contributed by atoms with E-state index in [2.05, 4.69) is 10.0 Å². The van der Waals surface area contributed by atoms with Crippen molar-refractivity contribution in [1.29, 1.82) is 0 Å². The second-order valence-corrected chi connectivity index (χ2v) is 8.07. The topological polar surface area (TPSA) is 75.3 Å². The van der Waals surface area contributed by atoms with E-state index in [9.17, 15) is 13.2 Å². The summed E-state index contributed by atoms with van der Waals surface area (Å²) in [5.41, 5.74) is 3.18. The minimum atomic E-state index is -3.44. The first-order valence-corrected chi connectivity index (χ1v) is 10.3. The molecule has 0 aliphatic heterocycles. The Balaban J connectivity index is 1.82. The van der Waals surface area contributed by atoms with Crippen molar-refractivity contribution >= 4 is 15.9 Å². The molecule has 0 saturated carbocycles. The van der Waals surface area contributed by atoms with Gasteiger partial charge in [0.1, 0.15) is 0 Å². The molecular weight excluding hydrogens is 348 g/mol. The Labute approximate surface area is 155 Å². The average Bonchev–Trinajstić information content (AvgIpc) is 2.63. The first-order valence-electron chi connectivity index (χ1n) is 8.81. The normalized spacial score (nSPS) is 11.3. The molecule has 6 heteroatoms. The lowest BCUT2D eigenvalue weighted by atomic mass is 10.1. The van der Waals surface area contributed by atoms with Crippen molar-refractivity contribution in [2.45, 2.75) is 44.6 Å². The second-order valence-electron chi connectivity index (χ2n) is 6.31. The Morgan fingerprint density at radius 1 is 1.04 bits per heavy atom. The Bertz CT molecular complexity index is 830. The first kappa shape index (κ1) is 20.1. The summed E-state index contributed by atoms with van der Waals surface area (Å²) in [6, 6.07) is 14.7. The van der Waals surface area contributed by atoms with Crippen molar-refractivity contribution in [3.05, 3.63) is 65.2 Å². The lowest BCUT2D eigenvalue weighted by Crippen LogP contribution is -2.24. The molecule has 2 N–H and O–H groups in total. The van der Waals surface area contributed by atoms with Crippen LogP contribution in [0.25, 0.3) is 0 Å². The SMILES string of the molecule is CCCNS(=O)(=O)c1ccc(CCC(=O)NCc2cccc(C)c2)cc1. The molecule has 0 bridgehead atoms. The molecule has 0 aliphatic carbocycles. The molecule has 5 nitrogen and oxygen atoms in total. The molecule has 2 aromatic rings. The van der Waals surface area contributed by atoms with E-state index in [1.54, 1.807) is 24.3 Å². The smallest absolute Gasteiger partial charge is 0.240 e. The molecule has 0 atom stereocenters. The second kappa shape index (κ2) is 9.50. The van der Waals surface area contributed by atoms with E-state index in [1.807, 2.05) is 38.1 Å². The molecule has 2 rings (SSSR count). The fourth-order valence-corrected chi connectivity index (χ4v) is 3.66. The maximum atomic E-state index is 12.0. The Hall–Kier alpha value is -2.18. The van der Waals surface area contributed by atoms with Crippen LogP contribution in [0.2, 0.25) is 0 Å². The summed E-state index contributed by atoms with van der Waals surface area (Å²) in [4.78, 5) is 12.3. The Kier molecular flexibility index (Phi) is 7.36. The quantitative estimate of drug-likeness (QED) is 0.709. The van der Waals surface area contributed by atoms with Crippen LogP contribution in [0, 0.1) is 6.92 Å². The minimum absolute atomic E-state index is 0.0205. The summed E-state index contributed by atoms with van der Waals surface area (Å²) in [7, 11) is -3.44. The molecule has 26 heavy (non-hydrogen) atoms. The van der Waals surface area contributed by atoms with Crippen LogP contribution in [-0.2, 0) is 27.8 Å². The molecule has 0 heterocycles. The summed E-state index contributed by atoms with van der Waals surface area (Å²) in [6.45, 7) is 4.87. The summed E-state index contributed by atoms with van der Waals surface area (Å²) in [5, 5.41) is 2.91. The number of hydrogen-bond donors (Lipinski definition) is 2. The van der Waals surface area contributed by atoms with Gasteiger partial charge in [0.25, 0.3) is 0 Å². The van der Waals surface area contributed by atoms with Gasteiger partial charge < -0.3 is 5.32 Å². The first-order chi connectivity index (χ1) is 12.4. The van der Waals surface area contributed by atoms with E-state index in [-0.39, 0.29) is 10.8 Å². The van der Waals surface area contributed by atoms with Crippen molar-refractivity contribution in [2.75, 3.05) is 6.54 Å². The molecular formula is C20H26N2O3S. The Morgan fingerprint density at radius 2 is 1.77 bits per heavy atom. The third-order valence-corrected chi connectivity index (χ3v) is 5.47. The van der Waals surface area contributed by atoms with Gasteiger partial charge in [-0.3, -0.25) is 4.79 Å². The van der Waals surface area contributed by atoms with E-state index in [1.165, 1.54) is 5.56 Å². The zero-order valence-electron chi connectivity index (χ0n) is 15.3. The van der Waals surface area contributed by atoms with Crippen molar-refractivity contribution in [2.24, 2.45) is 0 Å². The highest BCUT2D eigenvalue weighted by Gasteiger charge is 2.12. The van der Waals surface area contributed by atoms with Crippen LogP contribution in [0.5, 0.6) is 0 Å². The molecule has 0 spiro atoms. The molecule has 0 fully saturated rings. The molecule has 0 aromatic heterocycles. The highest BCUT2D eigenvalue weighted by atomic mass is 32.2. The van der Waals surface area contributed by atoms with E-state index in [0.717, 1.165) is 17.5 Å². The molecule has 0 radical (unpaired) electrons. The number of nitrogens with one attached hydrogen (secondary N) is 2. The molecule has 2 aromatic carbocycles. The van der Waals surface area contributed by atoms with Crippen LogP contribution in [0.1, 0.15) is 36.5 Å². The average molecular weight is 375 g/mol. The summed E-state index contributed by atoms with van der Waals surface area (Å²) < 4.78 is 26.6. The minimum Gasteiger partial charge on any atom is -0.352 e. The molecule has 0 saturated heterocycles. The lowest BCUT2D eigenvalue weighted by Gasteiger charge is -2.08. The third-order valence-electron chi connectivity index (χ3n) is 3.99. The van der Waals surface area contributed by atoms with Gasteiger partial charge in [0, 0.05) is 19.5 Å². The predicted molar refractivity (Wildman–Crippen MR) is 103 cm³/mol. The van der Waals surface area contributed by atoms with Gasteiger partial charge in [-0.2, -0.15) is 0 Å². The van der Waals surface area contributed by atoms with E-state index >= 15 is 0 Å². The number of rotatable bonds is 9. The van der Waals surface area contributed by atoms with Crippen LogP contribution in [0.3, 0.4) is 0 Å². The van der Waals surface area contributed by atoms with E-state index in [0.29, 0.717) is 25.9 Å². The number of hydrogen-bond acceptors (Lipinski definition) is 3. The van der Waals surface area contributed by atoms with Gasteiger partial charge in [0.05, 0.1) is 4.90 Å². The maximum Gasteiger partial charge on any atom is 0.240 e. The van der Waals surface area contributed by atoms with Crippen molar-refractivity contribution in [1.82, 2.24) is 10.0 Å². The summed E-state index contributed by atoms with van der Waals surface area (Å²) in [6.07, 6.45) is 1.68. The number of benzene rings is 2. The number of aryl methyl sites for hydroxylation is 2. The zero-order valence-corrected chi connectivity index (χ0v) is 16.1. The van der Waals surface area contributed by atoms with Gasteiger partial charge in [0.15, 0.2) is 0 Å². The Morgan fingerprint density at radius 3 is 2.42 bits per heavy atom. The van der Waals surface area contributed by atoms with E-state index < -0.39 is 10.0 Å².